The maximum Gasteiger partial charge on any atom is 0.270 e. The van der Waals surface area contributed by atoms with E-state index in [0.717, 1.165) is 22.0 Å². The number of pyridine rings is 1. The van der Waals surface area contributed by atoms with Gasteiger partial charge in [0.15, 0.2) is 0 Å². The Bertz CT molecular complexity index is 818. The van der Waals surface area contributed by atoms with Crippen LogP contribution < -0.4 is 10.1 Å². The van der Waals surface area contributed by atoms with Gasteiger partial charge in [-0.05, 0) is 30.2 Å². The van der Waals surface area contributed by atoms with Crippen LogP contribution in [0.5, 0.6) is 5.75 Å². The van der Waals surface area contributed by atoms with Gasteiger partial charge in [-0.1, -0.05) is 24.3 Å². The Hall–Kier alpha value is -2.73. The quantitative estimate of drug-likeness (QED) is 0.749. The predicted molar refractivity (Wildman–Crippen MR) is 94.4 cm³/mol. The van der Waals surface area contributed by atoms with Gasteiger partial charge in [0.25, 0.3) is 5.91 Å². The Morgan fingerprint density at radius 3 is 2.83 bits per heavy atom. The first-order valence-corrected chi connectivity index (χ1v) is 8.43. The Morgan fingerprint density at radius 2 is 2.04 bits per heavy atom. The van der Waals surface area contributed by atoms with E-state index in [1.165, 1.54) is 11.3 Å². The third-order valence-corrected chi connectivity index (χ3v) is 4.36. The van der Waals surface area contributed by atoms with Crippen LogP contribution in [0.3, 0.4) is 0 Å². The van der Waals surface area contributed by atoms with Crippen molar-refractivity contribution in [2.45, 2.75) is 6.42 Å². The van der Waals surface area contributed by atoms with Crippen LogP contribution in [0, 0.1) is 0 Å². The predicted octanol–water partition coefficient (Wildman–Crippen LogP) is 3.19. The van der Waals surface area contributed by atoms with Gasteiger partial charge in [0.1, 0.15) is 16.5 Å². The first-order chi connectivity index (χ1) is 11.8. The summed E-state index contributed by atoms with van der Waals surface area (Å²) in [6.07, 6.45) is 2.41. The second kappa shape index (κ2) is 7.70. The molecule has 5 nitrogen and oxygen atoms in total. The Labute approximate surface area is 144 Å². The highest BCUT2D eigenvalue weighted by Gasteiger charge is 2.12. The fourth-order valence-electron chi connectivity index (χ4n) is 2.30. The Balaban J connectivity index is 1.59. The molecule has 0 saturated carbocycles. The summed E-state index contributed by atoms with van der Waals surface area (Å²) in [5.74, 6) is 0.654. The number of hydrogen-bond donors (Lipinski definition) is 1. The van der Waals surface area contributed by atoms with Crippen molar-refractivity contribution in [1.82, 2.24) is 15.3 Å². The maximum absolute atomic E-state index is 12.2. The highest BCUT2D eigenvalue weighted by atomic mass is 32.1. The summed E-state index contributed by atoms with van der Waals surface area (Å²) in [4.78, 5) is 20.8. The molecule has 0 saturated heterocycles. The molecule has 0 aliphatic heterocycles. The van der Waals surface area contributed by atoms with Crippen LogP contribution in [-0.4, -0.2) is 29.5 Å². The molecule has 0 unspecified atom stereocenters. The molecule has 1 amide bonds. The highest BCUT2D eigenvalue weighted by Crippen LogP contribution is 2.21. The van der Waals surface area contributed by atoms with E-state index in [0.29, 0.717) is 18.7 Å². The first kappa shape index (κ1) is 16.1. The topological polar surface area (TPSA) is 64.1 Å². The summed E-state index contributed by atoms with van der Waals surface area (Å²) >= 11 is 1.41. The van der Waals surface area contributed by atoms with E-state index in [1.54, 1.807) is 18.7 Å². The summed E-state index contributed by atoms with van der Waals surface area (Å²) in [7, 11) is 1.64. The molecule has 24 heavy (non-hydrogen) atoms. The zero-order chi connectivity index (χ0) is 16.8. The summed E-state index contributed by atoms with van der Waals surface area (Å²) in [5.41, 5.74) is 2.25. The van der Waals surface area contributed by atoms with Crippen molar-refractivity contribution in [3.8, 4) is 16.5 Å². The molecule has 3 aromatic rings. The fraction of sp³-hybridized carbons (Fsp3) is 0.167. The van der Waals surface area contributed by atoms with E-state index in [2.05, 4.69) is 15.3 Å². The number of ether oxygens (including phenoxy) is 1. The molecule has 0 atom stereocenters. The molecule has 2 heterocycles. The molecule has 0 bridgehead atoms. The third kappa shape index (κ3) is 3.78. The minimum absolute atomic E-state index is 0.177. The molecule has 0 radical (unpaired) electrons. The largest absolute Gasteiger partial charge is 0.496 e. The second-order valence-electron chi connectivity index (χ2n) is 5.07. The van der Waals surface area contributed by atoms with Crippen molar-refractivity contribution in [2.75, 3.05) is 13.7 Å². The van der Waals surface area contributed by atoms with Crippen molar-refractivity contribution in [3.05, 3.63) is 65.3 Å². The van der Waals surface area contributed by atoms with Crippen LogP contribution in [0.4, 0.5) is 0 Å². The number of methoxy groups -OCH3 is 1. The zero-order valence-electron chi connectivity index (χ0n) is 13.2. The number of hydrogen-bond acceptors (Lipinski definition) is 5. The molecular weight excluding hydrogens is 322 g/mol. The van der Waals surface area contributed by atoms with Crippen LogP contribution in [0.25, 0.3) is 10.7 Å². The van der Waals surface area contributed by atoms with E-state index in [9.17, 15) is 4.79 Å². The molecule has 0 aliphatic carbocycles. The third-order valence-electron chi connectivity index (χ3n) is 3.49. The van der Waals surface area contributed by atoms with Crippen LogP contribution in [0.2, 0.25) is 0 Å². The number of para-hydroxylation sites is 1. The Kier molecular flexibility index (Phi) is 5.18. The zero-order valence-corrected chi connectivity index (χ0v) is 14.0. The number of aromatic nitrogens is 2. The number of thiazole rings is 1. The van der Waals surface area contributed by atoms with Crippen molar-refractivity contribution >= 4 is 17.2 Å². The number of carbonyl (C=O) groups is 1. The van der Waals surface area contributed by atoms with E-state index in [-0.39, 0.29) is 5.91 Å². The number of benzene rings is 1. The SMILES string of the molecule is COc1ccccc1CCNC(=O)c1csc(-c2ccccn2)n1. The van der Waals surface area contributed by atoms with Gasteiger partial charge in [-0.3, -0.25) is 9.78 Å². The van der Waals surface area contributed by atoms with Crippen LogP contribution in [-0.2, 0) is 6.42 Å². The van der Waals surface area contributed by atoms with Crippen LogP contribution in [0.1, 0.15) is 16.1 Å². The van der Waals surface area contributed by atoms with Crippen LogP contribution >= 0.6 is 11.3 Å². The van der Waals surface area contributed by atoms with Crippen molar-refractivity contribution < 1.29 is 9.53 Å². The van der Waals surface area contributed by atoms with Crippen molar-refractivity contribution in [3.63, 3.8) is 0 Å². The van der Waals surface area contributed by atoms with Gasteiger partial charge in [0.2, 0.25) is 0 Å². The molecule has 2 aromatic heterocycles. The van der Waals surface area contributed by atoms with Gasteiger partial charge < -0.3 is 10.1 Å². The molecular formula is C18H17N3O2S. The lowest BCUT2D eigenvalue weighted by molar-refractivity contribution is 0.0950. The molecule has 1 aromatic carbocycles. The number of rotatable bonds is 6. The standard InChI is InChI=1S/C18H17N3O2S/c1-23-16-8-3-2-6-13(16)9-11-20-17(22)15-12-24-18(21-15)14-7-4-5-10-19-14/h2-8,10,12H,9,11H2,1H3,(H,20,22). The summed E-state index contributed by atoms with van der Waals surface area (Å²) in [5, 5.41) is 5.39. The fourth-order valence-corrected chi connectivity index (χ4v) is 3.07. The second-order valence-corrected chi connectivity index (χ2v) is 5.93. The van der Waals surface area contributed by atoms with E-state index < -0.39 is 0 Å². The monoisotopic (exact) mass is 339 g/mol. The average molecular weight is 339 g/mol. The maximum atomic E-state index is 12.2. The molecule has 122 valence electrons. The van der Waals surface area contributed by atoms with Gasteiger partial charge in [-0.15, -0.1) is 11.3 Å². The first-order valence-electron chi connectivity index (χ1n) is 7.55. The van der Waals surface area contributed by atoms with Gasteiger partial charge in [-0.2, -0.15) is 0 Å². The summed E-state index contributed by atoms with van der Waals surface area (Å²) in [6.45, 7) is 0.523. The summed E-state index contributed by atoms with van der Waals surface area (Å²) in [6, 6.07) is 13.4. The van der Waals surface area contributed by atoms with Gasteiger partial charge >= 0.3 is 0 Å². The molecule has 0 fully saturated rings. The van der Waals surface area contributed by atoms with E-state index in [4.69, 9.17) is 4.74 Å². The number of amides is 1. The van der Waals surface area contributed by atoms with Gasteiger partial charge in [0.05, 0.1) is 12.8 Å². The lowest BCUT2D eigenvalue weighted by Crippen LogP contribution is -2.26. The van der Waals surface area contributed by atoms with Crippen molar-refractivity contribution in [2.24, 2.45) is 0 Å². The van der Waals surface area contributed by atoms with Crippen molar-refractivity contribution in [1.29, 1.82) is 0 Å². The van der Waals surface area contributed by atoms with Gasteiger partial charge in [-0.25, -0.2) is 4.98 Å². The molecule has 0 spiro atoms. The smallest absolute Gasteiger partial charge is 0.270 e. The average Bonchev–Trinajstić information content (AvgIpc) is 3.13. The van der Waals surface area contributed by atoms with E-state index in [1.807, 2.05) is 42.5 Å². The van der Waals surface area contributed by atoms with E-state index >= 15 is 0 Å². The molecule has 0 aliphatic rings. The lowest BCUT2D eigenvalue weighted by Gasteiger charge is -2.08. The summed E-state index contributed by atoms with van der Waals surface area (Å²) < 4.78 is 5.31. The van der Waals surface area contributed by atoms with Crippen LogP contribution in [0.15, 0.2) is 54.0 Å². The minimum Gasteiger partial charge on any atom is -0.496 e. The molecule has 1 N–H and O–H groups in total. The molecule has 3 rings (SSSR count). The lowest BCUT2D eigenvalue weighted by atomic mass is 10.1. The number of nitrogens with one attached hydrogen (secondary N) is 1. The van der Waals surface area contributed by atoms with Gasteiger partial charge in [0, 0.05) is 18.1 Å². The normalized spacial score (nSPS) is 10.4. The molecule has 6 heteroatoms. The number of nitrogens with zero attached hydrogens (tertiary/aromatic N) is 2. The number of carbonyl (C=O) groups excluding carboxylic acids is 1. The Morgan fingerprint density at radius 1 is 1.21 bits per heavy atom. The highest BCUT2D eigenvalue weighted by molar-refractivity contribution is 7.13. The minimum atomic E-state index is -0.177.